The van der Waals surface area contributed by atoms with Crippen LogP contribution in [0.1, 0.15) is 1.43 Å². The summed E-state index contributed by atoms with van der Waals surface area (Å²) in [7, 11) is 15.0. The molecule has 5 heteroatoms. The van der Waals surface area contributed by atoms with E-state index in [2.05, 4.69) is 0 Å². The van der Waals surface area contributed by atoms with Gasteiger partial charge in [-0.1, -0.05) is 0 Å². The third kappa shape index (κ3) is 21.8. The molecule has 0 aliphatic heterocycles. The molecule has 0 amide bonds. The first-order chi connectivity index (χ1) is 1.73. The van der Waals surface area contributed by atoms with Crippen LogP contribution >= 0.6 is 25.5 Å². The molecule has 28 valence electrons. The van der Waals surface area contributed by atoms with Crippen LogP contribution in [0.4, 0.5) is 0 Å². The number of hydrogen-bond acceptors (Lipinski definition) is 0. The third-order valence-electron chi connectivity index (χ3n) is 0. The van der Waals surface area contributed by atoms with Crippen LogP contribution in [-0.2, 0) is 0 Å². The van der Waals surface area contributed by atoms with Gasteiger partial charge in [0.2, 0.25) is 0 Å². The molecule has 0 aliphatic rings. The molecule has 0 aromatic rings. The van der Waals surface area contributed by atoms with E-state index in [1.165, 1.54) is 0 Å². The zero-order valence-electron chi connectivity index (χ0n) is 3.58. The van der Waals surface area contributed by atoms with Gasteiger partial charge in [-0.25, -0.2) is 0 Å². The van der Waals surface area contributed by atoms with Crippen LogP contribution in [0.3, 0.4) is 0 Å². The van der Waals surface area contributed by atoms with Crippen molar-refractivity contribution >= 4 is 43.7 Å². The molecule has 0 spiro atoms. The molecule has 0 saturated carbocycles. The average molecular weight is 323 g/mol. The zero-order valence-corrected chi connectivity index (χ0v) is 8.33. The molecule has 0 aromatic carbocycles. The van der Waals surface area contributed by atoms with Gasteiger partial charge in [-0.2, -0.15) is 0 Å². The Morgan fingerprint density at radius 2 is 1.20 bits per heavy atom. The molecule has 0 unspecified atom stereocenters. The summed E-state index contributed by atoms with van der Waals surface area (Å²) in [5.41, 5.74) is 0. The van der Waals surface area contributed by atoms with Crippen LogP contribution in [0.15, 0.2) is 0 Å². The van der Waals surface area contributed by atoms with Gasteiger partial charge in [0.25, 0.3) is 0 Å². The van der Waals surface area contributed by atoms with Gasteiger partial charge in [0.1, 0.15) is 0 Å². The molecule has 0 aliphatic carbocycles. The van der Waals surface area contributed by atoms with E-state index in [0.29, 0.717) is 0 Å². The average Bonchev–Trinajstić information content (AvgIpc) is 0.811. The van der Waals surface area contributed by atoms with E-state index in [-0.39, 0.29) is 20.3 Å². The van der Waals surface area contributed by atoms with Crippen molar-refractivity contribution in [1.29, 1.82) is 0 Å². The van der Waals surface area contributed by atoms with Gasteiger partial charge in [-0.3, -0.25) is 0 Å². The fourth-order valence-corrected chi connectivity index (χ4v) is 0. The molecular formula is HBiCl3Li. The monoisotopic (exact) mass is 322 g/mol. The summed E-state index contributed by atoms with van der Waals surface area (Å²) < 4.78 is 0. The molecule has 0 nitrogen and oxygen atoms in total. The summed E-state index contributed by atoms with van der Waals surface area (Å²) in [6.07, 6.45) is 0. The molecule has 0 saturated heterocycles. The second kappa shape index (κ2) is 6.35. The maximum atomic E-state index is 5.01. The molecule has 5 heavy (non-hydrogen) atoms. The predicted molar refractivity (Wildman–Crippen MR) is 24.4 cm³/mol. The van der Waals surface area contributed by atoms with Crippen LogP contribution in [0.2, 0.25) is 0 Å². The van der Waals surface area contributed by atoms with E-state index < -0.39 is 18.2 Å². The van der Waals surface area contributed by atoms with E-state index >= 15 is 0 Å². The minimum Gasteiger partial charge on any atom is -1.00 e. The van der Waals surface area contributed by atoms with E-state index in [4.69, 9.17) is 25.5 Å². The number of hydrogen-bond donors (Lipinski definition) is 0. The normalized spacial score (nSPS) is 7.20. The van der Waals surface area contributed by atoms with E-state index in [1.807, 2.05) is 0 Å². The van der Waals surface area contributed by atoms with Crippen molar-refractivity contribution in [2.24, 2.45) is 0 Å². The quantitative estimate of drug-likeness (QED) is 0.492. The van der Waals surface area contributed by atoms with Gasteiger partial charge >= 0.3 is 62.6 Å². The molecule has 0 aromatic heterocycles. The molecule has 0 N–H and O–H groups in total. The Morgan fingerprint density at radius 1 is 1.20 bits per heavy atom. The largest absolute Gasteiger partial charge is 1.00 e. The van der Waals surface area contributed by atoms with Gasteiger partial charge in [-0.15, -0.1) is 0 Å². The second-order valence-corrected chi connectivity index (χ2v) is 15.1. The topological polar surface area (TPSA) is 0 Å². The van der Waals surface area contributed by atoms with Crippen molar-refractivity contribution in [1.82, 2.24) is 0 Å². The summed E-state index contributed by atoms with van der Waals surface area (Å²) >= 11 is -2.18. The summed E-state index contributed by atoms with van der Waals surface area (Å²) in [6, 6.07) is 0. The number of halogens is 3. The molecule has 0 rings (SSSR count). The van der Waals surface area contributed by atoms with Crippen LogP contribution in [0.5, 0.6) is 0 Å². The Kier molecular flexibility index (Phi) is 13.2. The van der Waals surface area contributed by atoms with E-state index in [1.54, 1.807) is 0 Å². The van der Waals surface area contributed by atoms with Crippen molar-refractivity contribution in [3.63, 3.8) is 0 Å². The van der Waals surface area contributed by atoms with Crippen LogP contribution < -0.4 is 18.9 Å². The molecule has 0 atom stereocenters. The smallest absolute Gasteiger partial charge is 1.00 e. The maximum Gasteiger partial charge on any atom is 1.00 e. The Labute approximate surface area is 63.1 Å². The molecule has 0 bridgehead atoms. The molecule has 0 heterocycles. The Morgan fingerprint density at radius 3 is 1.20 bits per heavy atom. The first-order valence-electron chi connectivity index (χ1n) is 0.507. The van der Waals surface area contributed by atoms with Gasteiger partial charge < -0.3 is 1.43 Å². The molecular weight excluding hydrogens is 322 g/mol. The zero-order chi connectivity index (χ0) is 3.58. The van der Waals surface area contributed by atoms with Crippen LogP contribution in [0, 0.1) is 0 Å². The third-order valence-corrected chi connectivity index (χ3v) is 0. The fourth-order valence-electron chi connectivity index (χ4n) is 0. The summed E-state index contributed by atoms with van der Waals surface area (Å²) in [6.45, 7) is 0. The van der Waals surface area contributed by atoms with Crippen LogP contribution in [-0.4, -0.2) is 18.2 Å². The standard InChI is InChI=1S/Bi.3ClH.Li.H/h;3*1H;;/q+3;;;;+1;-1/p-3. The first-order valence-corrected chi connectivity index (χ1v) is 13.3. The minimum absolute atomic E-state index is 0. The predicted octanol–water partition coefficient (Wildman–Crippen LogP) is -1.20. The van der Waals surface area contributed by atoms with Crippen molar-refractivity contribution in [2.45, 2.75) is 0 Å². The van der Waals surface area contributed by atoms with Gasteiger partial charge in [0.05, 0.1) is 0 Å². The summed E-state index contributed by atoms with van der Waals surface area (Å²) in [5.74, 6) is 0. The van der Waals surface area contributed by atoms with Crippen molar-refractivity contribution in [2.75, 3.05) is 0 Å². The molecule has 0 fully saturated rings. The first kappa shape index (κ1) is 10.4. The van der Waals surface area contributed by atoms with Crippen molar-refractivity contribution in [3.8, 4) is 0 Å². The number of rotatable bonds is 0. The van der Waals surface area contributed by atoms with Gasteiger partial charge in [0, 0.05) is 0 Å². The van der Waals surface area contributed by atoms with Crippen molar-refractivity contribution in [3.05, 3.63) is 0 Å². The van der Waals surface area contributed by atoms with Crippen LogP contribution in [0.25, 0.3) is 0 Å². The van der Waals surface area contributed by atoms with Gasteiger partial charge in [-0.05, 0) is 0 Å². The second-order valence-electron chi connectivity index (χ2n) is 0.192. The van der Waals surface area contributed by atoms with E-state index in [9.17, 15) is 0 Å². The maximum absolute atomic E-state index is 5.01. The fraction of sp³-hybridized carbons (Fsp3) is 0. The van der Waals surface area contributed by atoms with Gasteiger partial charge in [0.15, 0.2) is 0 Å². The van der Waals surface area contributed by atoms with E-state index in [0.717, 1.165) is 0 Å². The minimum atomic E-state index is -2.18. The Hall–Kier alpha value is 2.35. The Bertz CT molecular complexity index is 15.5. The van der Waals surface area contributed by atoms with Crippen molar-refractivity contribution < 1.29 is 20.3 Å². The summed E-state index contributed by atoms with van der Waals surface area (Å²) in [4.78, 5) is 0. The Balaban J connectivity index is -0.0000000450. The SMILES string of the molecule is [Cl][Bi]([Cl])[Cl].[H-].[Li+]. The summed E-state index contributed by atoms with van der Waals surface area (Å²) in [5, 5.41) is 0. The molecule has 0 radical (unpaired) electrons.